The van der Waals surface area contributed by atoms with Gasteiger partial charge in [0.25, 0.3) is 0 Å². The lowest BCUT2D eigenvalue weighted by atomic mass is 10.2. The topological polar surface area (TPSA) is 138 Å². The number of carbonyl (C=O) groups excluding carboxylic acids is 1. The molecule has 2 amide bonds. The first-order valence-electron chi connectivity index (χ1n) is 5.92. The van der Waals surface area contributed by atoms with Crippen LogP contribution in [0.2, 0.25) is 0 Å². The van der Waals surface area contributed by atoms with Crippen LogP contribution in [0.3, 0.4) is 0 Å². The van der Waals surface area contributed by atoms with Crippen LogP contribution >= 0.6 is 0 Å². The van der Waals surface area contributed by atoms with E-state index in [9.17, 15) is 26.4 Å². The molecule has 0 saturated heterocycles. The Morgan fingerprint density at radius 2 is 1.57 bits per heavy atom. The maximum Gasteiger partial charge on any atom is 0.326 e. The Labute approximate surface area is 124 Å². The number of nitrogens with one attached hydrogen (secondary N) is 1. The van der Waals surface area contributed by atoms with Crippen LogP contribution in [0.25, 0.3) is 0 Å². The van der Waals surface area contributed by atoms with Crippen LogP contribution < -0.4 is 5.32 Å². The summed E-state index contributed by atoms with van der Waals surface area (Å²) in [5, 5.41) is 11.1. The standard InChI is InChI=1S/C10H20N2O7S2/c1-12(5-7-21(3,18)19)10(15)11-8(9(13)14)4-6-20(2,16)17/h8H,4-7H2,1-3H3,(H,11,15)(H,13,14). The van der Waals surface area contributed by atoms with Crippen molar-refractivity contribution in [3.8, 4) is 0 Å². The third-order valence-corrected chi connectivity index (χ3v) is 4.42. The fraction of sp³-hybridized carbons (Fsp3) is 0.800. The summed E-state index contributed by atoms with van der Waals surface area (Å²) in [4.78, 5) is 23.7. The number of sulfone groups is 2. The fourth-order valence-corrected chi connectivity index (χ4v) is 2.52. The maximum absolute atomic E-state index is 11.7. The van der Waals surface area contributed by atoms with Gasteiger partial charge in [0.1, 0.15) is 25.7 Å². The molecule has 2 N–H and O–H groups in total. The number of carbonyl (C=O) groups is 2. The highest BCUT2D eigenvalue weighted by Gasteiger charge is 2.23. The van der Waals surface area contributed by atoms with Crippen molar-refractivity contribution in [2.45, 2.75) is 12.5 Å². The third kappa shape index (κ3) is 10.1. The highest BCUT2D eigenvalue weighted by Crippen LogP contribution is 1.99. The number of nitrogens with zero attached hydrogens (tertiary/aromatic N) is 1. The smallest absolute Gasteiger partial charge is 0.326 e. The fourth-order valence-electron chi connectivity index (χ4n) is 1.25. The quantitative estimate of drug-likeness (QED) is 0.550. The Kier molecular flexibility index (Phi) is 7.10. The zero-order chi connectivity index (χ0) is 16.8. The van der Waals surface area contributed by atoms with Gasteiger partial charge in [-0.1, -0.05) is 0 Å². The molecular formula is C10H20N2O7S2. The summed E-state index contributed by atoms with van der Waals surface area (Å²) in [5.41, 5.74) is 0. The molecule has 9 nitrogen and oxygen atoms in total. The van der Waals surface area contributed by atoms with Gasteiger partial charge >= 0.3 is 12.0 Å². The first-order chi connectivity index (χ1) is 9.32. The molecule has 0 fully saturated rings. The van der Waals surface area contributed by atoms with E-state index in [1.807, 2.05) is 0 Å². The van der Waals surface area contributed by atoms with Gasteiger partial charge < -0.3 is 15.3 Å². The monoisotopic (exact) mass is 344 g/mol. The molecule has 0 aliphatic rings. The average molecular weight is 344 g/mol. The summed E-state index contributed by atoms with van der Waals surface area (Å²) in [6.07, 6.45) is 1.72. The summed E-state index contributed by atoms with van der Waals surface area (Å²) >= 11 is 0. The molecule has 0 aliphatic carbocycles. The number of amides is 2. The molecule has 0 aliphatic heterocycles. The Balaban J connectivity index is 4.57. The maximum atomic E-state index is 11.7. The van der Waals surface area contributed by atoms with Gasteiger partial charge in [-0.3, -0.25) is 0 Å². The molecule has 0 aromatic rings. The molecule has 11 heteroatoms. The van der Waals surface area contributed by atoms with Gasteiger partial charge in [-0.15, -0.1) is 0 Å². The number of hydrogen-bond donors (Lipinski definition) is 2. The minimum atomic E-state index is -3.35. The van der Waals surface area contributed by atoms with Gasteiger partial charge in [-0.2, -0.15) is 0 Å². The van der Waals surface area contributed by atoms with E-state index in [2.05, 4.69) is 5.32 Å². The number of rotatable bonds is 8. The van der Waals surface area contributed by atoms with Crippen molar-refractivity contribution < 1.29 is 31.5 Å². The van der Waals surface area contributed by atoms with Gasteiger partial charge in [0, 0.05) is 26.1 Å². The second kappa shape index (κ2) is 7.59. The van der Waals surface area contributed by atoms with Crippen LogP contribution in [-0.4, -0.2) is 82.5 Å². The molecule has 124 valence electrons. The van der Waals surface area contributed by atoms with Crippen LogP contribution in [0.4, 0.5) is 4.79 Å². The summed E-state index contributed by atoms with van der Waals surface area (Å²) in [6.45, 7) is -0.0942. The van der Waals surface area contributed by atoms with Gasteiger partial charge in [-0.25, -0.2) is 26.4 Å². The molecule has 0 aromatic carbocycles. The number of hydrogen-bond acceptors (Lipinski definition) is 6. The van der Waals surface area contributed by atoms with Crippen molar-refractivity contribution in [2.24, 2.45) is 0 Å². The minimum absolute atomic E-state index is 0.0942. The molecule has 1 unspecified atom stereocenters. The van der Waals surface area contributed by atoms with E-state index >= 15 is 0 Å². The van der Waals surface area contributed by atoms with E-state index in [0.29, 0.717) is 0 Å². The minimum Gasteiger partial charge on any atom is -0.480 e. The van der Waals surface area contributed by atoms with Crippen molar-refractivity contribution in [1.29, 1.82) is 0 Å². The lowest BCUT2D eigenvalue weighted by Gasteiger charge is -2.21. The molecule has 0 heterocycles. The van der Waals surface area contributed by atoms with E-state index in [0.717, 1.165) is 17.4 Å². The molecule has 0 aromatic heterocycles. The van der Waals surface area contributed by atoms with Crippen LogP contribution in [-0.2, 0) is 24.5 Å². The second-order valence-corrected chi connectivity index (χ2v) is 9.33. The summed E-state index contributed by atoms with van der Waals surface area (Å²) < 4.78 is 44.0. The summed E-state index contributed by atoms with van der Waals surface area (Å²) in [6, 6.07) is -2.13. The summed E-state index contributed by atoms with van der Waals surface area (Å²) in [5.74, 6) is -1.99. The molecule has 0 saturated carbocycles. The molecule has 0 radical (unpaired) electrons. The van der Waals surface area contributed by atoms with Crippen molar-refractivity contribution in [3.63, 3.8) is 0 Å². The zero-order valence-corrected chi connectivity index (χ0v) is 13.7. The van der Waals surface area contributed by atoms with Crippen LogP contribution in [0.5, 0.6) is 0 Å². The Morgan fingerprint density at radius 3 is 1.95 bits per heavy atom. The number of carboxylic acids is 1. The highest BCUT2D eigenvalue weighted by atomic mass is 32.2. The van der Waals surface area contributed by atoms with Gasteiger partial charge in [0.2, 0.25) is 0 Å². The largest absolute Gasteiger partial charge is 0.480 e. The van der Waals surface area contributed by atoms with Crippen LogP contribution in [0.15, 0.2) is 0 Å². The van der Waals surface area contributed by atoms with E-state index < -0.39 is 37.7 Å². The third-order valence-electron chi connectivity index (χ3n) is 2.52. The van der Waals surface area contributed by atoms with Gasteiger partial charge in [-0.05, 0) is 6.42 Å². The van der Waals surface area contributed by atoms with E-state index in [1.54, 1.807) is 0 Å². The Hall–Kier alpha value is -1.36. The van der Waals surface area contributed by atoms with Crippen molar-refractivity contribution in [2.75, 3.05) is 37.6 Å². The Morgan fingerprint density at radius 1 is 1.10 bits per heavy atom. The first-order valence-corrected chi connectivity index (χ1v) is 10.0. The lowest BCUT2D eigenvalue weighted by Crippen LogP contribution is -2.48. The van der Waals surface area contributed by atoms with E-state index in [1.165, 1.54) is 7.05 Å². The molecule has 0 rings (SSSR count). The van der Waals surface area contributed by atoms with E-state index in [-0.39, 0.29) is 24.5 Å². The molecule has 1 atom stereocenters. The highest BCUT2D eigenvalue weighted by molar-refractivity contribution is 7.90. The Bertz CT molecular complexity index is 583. The molecule has 0 spiro atoms. The first kappa shape index (κ1) is 19.6. The van der Waals surface area contributed by atoms with Crippen LogP contribution in [0, 0.1) is 0 Å². The van der Waals surface area contributed by atoms with Crippen molar-refractivity contribution >= 4 is 31.7 Å². The van der Waals surface area contributed by atoms with Crippen LogP contribution in [0.1, 0.15) is 6.42 Å². The second-order valence-electron chi connectivity index (χ2n) is 4.81. The molecular weight excluding hydrogens is 324 g/mol. The average Bonchev–Trinajstić information content (AvgIpc) is 2.28. The predicted octanol–water partition coefficient (Wildman–Crippen LogP) is -1.44. The van der Waals surface area contributed by atoms with Gasteiger partial charge in [0.15, 0.2) is 0 Å². The van der Waals surface area contributed by atoms with E-state index in [4.69, 9.17) is 5.11 Å². The number of aliphatic carboxylic acids is 1. The zero-order valence-electron chi connectivity index (χ0n) is 12.1. The van der Waals surface area contributed by atoms with Crippen molar-refractivity contribution in [3.05, 3.63) is 0 Å². The molecule has 21 heavy (non-hydrogen) atoms. The lowest BCUT2D eigenvalue weighted by molar-refractivity contribution is -0.139. The number of carboxylic acid groups (broad SMARTS) is 1. The van der Waals surface area contributed by atoms with Crippen molar-refractivity contribution in [1.82, 2.24) is 10.2 Å². The summed E-state index contributed by atoms with van der Waals surface area (Å²) in [7, 11) is -5.27. The SMILES string of the molecule is CN(CCS(C)(=O)=O)C(=O)NC(CCS(C)(=O)=O)C(=O)O. The predicted molar refractivity (Wildman–Crippen MR) is 76.6 cm³/mol. The van der Waals surface area contributed by atoms with Gasteiger partial charge in [0.05, 0.1) is 11.5 Å². The number of urea groups is 1. The normalized spacial score (nSPS) is 13.5. The molecule has 0 bridgehead atoms.